The lowest BCUT2D eigenvalue weighted by Crippen LogP contribution is -2.47. The highest BCUT2D eigenvalue weighted by Crippen LogP contribution is 2.26. The zero-order valence-electron chi connectivity index (χ0n) is 5.05. The molecule has 0 spiro atoms. The maximum Gasteiger partial charge on any atom is 0.401 e. The molecule has 0 aliphatic rings. The molecule has 0 aromatic rings. The van der Waals surface area contributed by atoms with Crippen molar-refractivity contribution in [2.75, 3.05) is 0 Å². The Balaban J connectivity index is 5.16. The standard InChI is InChI=1S/C4BF3N3/c6-4(7,8)5(1-9,2-10)3-11/q-1. The van der Waals surface area contributed by atoms with Gasteiger partial charge in [-0.25, -0.2) is 29.0 Å². The summed E-state index contributed by atoms with van der Waals surface area (Å²) in [5.41, 5.74) is 0. The van der Waals surface area contributed by atoms with Crippen LogP contribution in [0.3, 0.4) is 0 Å². The van der Waals surface area contributed by atoms with Gasteiger partial charge >= 0.3 is 6.15 Å². The summed E-state index contributed by atoms with van der Waals surface area (Å²) in [5, 5.41) is 23.8. The Hall–Kier alpha value is -1.68. The Morgan fingerprint density at radius 3 is 1.18 bits per heavy atom. The predicted octanol–water partition coefficient (Wildman–Crippen LogP) is 0.725. The van der Waals surface area contributed by atoms with Crippen LogP contribution >= 0.6 is 0 Å². The molecule has 0 aliphatic heterocycles. The Bertz CT molecular complexity index is 239. The highest BCUT2D eigenvalue weighted by Gasteiger charge is 2.51. The highest BCUT2D eigenvalue weighted by molar-refractivity contribution is 7.00. The summed E-state index contributed by atoms with van der Waals surface area (Å²) in [6, 6.07) is 0. The molecule has 0 aromatic carbocycles. The molecule has 56 valence electrons. The van der Waals surface area contributed by atoms with Crippen LogP contribution in [0.15, 0.2) is 0 Å². The third-order valence-corrected chi connectivity index (χ3v) is 1.07. The Morgan fingerprint density at radius 2 is 1.18 bits per heavy atom. The van der Waals surface area contributed by atoms with Crippen LogP contribution in [-0.4, -0.2) is 12.2 Å². The fraction of sp³-hybridized carbons (Fsp3) is 0.250. The van der Waals surface area contributed by atoms with Gasteiger partial charge in [0.15, 0.2) is 0 Å². The number of hydrogen-bond donors (Lipinski definition) is 0. The molecule has 0 saturated heterocycles. The summed E-state index contributed by atoms with van der Waals surface area (Å²) in [5.74, 6) is 2.01. The Labute approximate surface area is 60.2 Å². The topological polar surface area (TPSA) is 71.4 Å². The number of alkyl halides is 3. The van der Waals surface area contributed by atoms with Gasteiger partial charge in [-0.2, -0.15) is 0 Å². The van der Waals surface area contributed by atoms with E-state index in [0.29, 0.717) is 17.9 Å². The van der Waals surface area contributed by atoms with Gasteiger partial charge in [0, 0.05) is 0 Å². The second-order valence-corrected chi connectivity index (χ2v) is 1.79. The predicted molar refractivity (Wildman–Crippen MR) is 28.6 cm³/mol. The van der Waals surface area contributed by atoms with Gasteiger partial charge in [0.25, 0.3) is 6.08 Å². The van der Waals surface area contributed by atoms with E-state index in [4.69, 9.17) is 15.8 Å². The van der Waals surface area contributed by atoms with E-state index in [1.165, 1.54) is 0 Å². The second kappa shape index (κ2) is 2.52. The first-order valence-electron chi connectivity index (χ1n) is 2.39. The normalized spacial score (nSPS) is 10.9. The molecular formula is C4BF3N3-. The fourth-order valence-corrected chi connectivity index (χ4v) is 0.306. The number of halogens is 3. The summed E-state index contributed by atoms with van der Waals surface area (Å²) in [6.45, 7) is 0. The molecule has 3 nitrogen and oxygen atoms in total. The molecular weight excluding hydrogens is 158 g/mol. The number of hydrogen-bond acceptors (Lipinski definition) is 3. The first-order chi connectivity index (χ1) is 4.93. The maximum atomic E-state index is 11.7. The molecule has 0 atom stereocenters. The number of nitrogens with zero attached hydrogens (tertiary/aromatic N) is 3. The van der Waals surface area contributed by atoms with E-state index in [1.807, 2.05) is 0 Å². The van der Waals surface area contributed by atoms with E-state index in [2.05, 4.69) is 0 Å². The van der Waals surface area contributed by atoms with Gasteiger partial charge in [-0.1, -0.05) is 0 Å². The van der Waals surface area contributed by atoms with Crippen LogP contribution in [0.2, 0.25) is 0 Å². The van der Waals surface area contributed by atoms with Crippen molar-refractivity contribution in [2.45, 2.75) is 6.08 Å². The second-order valence-electron chi connectivity index (χ2n) is 1.79. The smallest absolute Gasteiger partial charge is 0.247 e. The molecule has 11 heavy (non-hydrogen) atoms. The van der Waals surface area contributed by atoms with Crippen molar-refractivity contribution in [3.05, 3.63) is 0 Å². The van der Waals surface area contributed by atoms with E-state index < -0.39 is 12.2 Å². The third kappa shape index (κ3) is 1.25. The summed E-state index contributed by atoms with van der Waals surface area (Å²) >= 11 is 0. The van der Waals surface area contributed by atoms with Gasteiger partial charge in [-0.15, -0.1) is 17.9 Å². The van der Waals surface area contributed by atoms with Crippen LogP contribution in [0.4, 0.5) is 13.2 Å². The van der Waals surface area contributed by atoms with Crippen molar-refractivity contribution in [3.8, 4) is 17.9 Å². The molecule has 0 N–H and O–H groups in total. The fourth-order valence-electron chi connectivity index (χ4n) is 0.306. The lowest BCUT2D eigenvalue weighted by molar-refractivity contribution is -0.0513. The Kier molecular flexibility index (Phi) is 2.13. The molecule has 0 aromatic heterocycles. The molecule has 0 fully saturated rings. The van der Waals surface area contributed by atoms with E-state index in [-0.39, 0.29) is 0 Å². The average molecular weight is 158 g/mol. The first-order valence-corrected chi connectivity index (χ1v) is 2.39. The number of rotatable bonds is 0. The monoisotopic (exact) mass is 158 g/mol. The van der Waals surface area contributed by atoms with Crippen molar-refractivity contribution in [1.82, 2.24) is 0 Å². The summed E-state index contributed by atoms with van der Waals surface area (Å²) in [7, 11) is 0. The molecule has 0 rings (SSSR count). The SMILES string of the molecule is N#C[B-](C#N)(C#N)C(F)(F)F. The summed E-state index contributed by atoms with van der Waals surface area (Å²) in [4.78, 5) is 0. The van der Waals surface area contributed by atoms with E-state index >= 15 is 0 Å². The zero-order chi connectivity index (χ0) is 9.12. The van der Waals surface area contributed by atoms with Gasteiger partial charge < -0.3 is 0 Å². The van der Waals surface area contributed by atoms with Crippen molar-refractivity contribution < 1.29 is 13.2 Å². The molecule has 7 heteroatoms. The van der Waals surface area contributed by atoms with Crippen molar-refractivity contribution in [1.29, 1.82) is 15.8 Å². The lowest BCUT2D eigenvalue weighted by Gasteiger charge is -2.19. The van der Waals surface area contributed by atoms with Gasteiger partial charge in [0.05, 0.1) is 0 Å². The van der Waals surface area contributed by atoms with E-state index in [1.54, 1.807) is 0 Å². The van der Waals surface area contributed by atoms with Crippen molar-refractivity contribution in [3.63, 3.8) is 0 Å². The average Bonchev–Trinajstić information content (AvgIpc) is 1.90. The third-order valence-electron chi connectivity index (χ3n) is 1.07. The highest BCUT2D eigenvalue weighted by atomic mass is 19.4. The van der Waals surface area contributed by atoms with Crippen LogP contribution < -0.4 is 0 Å². The van der Waals surface area contributed by atoms with Gasteiger partial charge in [-0.3, -0.25) is 0 Å². The molecule has 0 aliphatic carbocycles. The van der Waals surface area contributed by atoms with Crippen molar-refractivity contribution >= 4 is 6.15 Å². The Morgan fingerprint density at radius 1 is 0.909 bits per heavy atom. The van der Waals surface area contributed by atoms with Crippen LogP contribution in [0, 0.1) is 33.7 Å². The first kappa shape index (κ1) is 9.32. The molecule has 0 heterocycles. The summed E-state index contributed by atoms with van der Waals surface area (Å²) < 4.78 is 35.2. The van der Waals surface area contributed by atoms with Crippen LogP contribution in [-0.2, 0) is 0 Å². The minimum Gasteiger partial charge on any atom is -0.247 e. The molecule has 0 amide bonds. The molecule has 0 radical (unpaired) electrons. The minimum atomic E-state index is -5.06. The molecule has 0 unspecified atom stereocenters. The zero-order valence-corrected chi connectivity index (χ0v) is 5.05. The lowest BCUT2D eigenvalue weighted by atomic mass is 9.28. The minimum absolute atomic E-state index is 0.670. The summed E-state index contributed by atoms with van der Waals surface area (Å²) in [6.07, 6.45) is -9.24. The van der Waals surface area contributed by atoms with E-state index in [0.717, 1.165) is 0 Å². The van der Waals surface area contributed by atoms with Crippen LogP contribution in [0.25, 0.3) is 0 Å². The molecule has 0 bridgehead atoms. The largest absolute Gasteiger partial charge is 0.401 e. The van der Waals surface area contributed by atoms with Gasteiger partial charge in [-0.05, 0) is 0 Å². The van der Waals surface area contributed by atoms with Crippen molar-refractivity contribution in [2.24, 2.45) is 0 Å². The van der Waals surface area contributed by atoms with Crippen LogP contribution in [0.1, 0.15) is 0 Å². The maximum absolute atomic E-state index is 11.7. The molecule has 0 saturated carbocycles. The van der Waals surface area contributed by atoms with Crippen LogP contribution in [0.5, 0.6) is 0 Å². The van der Waals surface area contributed by atoms with E-state index in [9.17, 15) is 13.2 Å². The van der Waals surface area contributed by atoms with Gasteiger partial charge in [0.2, 0.25) is 0 Å². The number of nitriles is 3. The quantitative estimate of drug-likeness (QED) is 0.487. The van der Waals surface area contributed by atoms with Gasteiger partial charge in [0.1, 0.15) is 0 Å².